The molecule has 2 saturated heterocycles. The predicted octanol–water partition coefficient (Wildman–Crippen LogP) is 9.29. The summed E-state index contributed by atoms with van der Waals surface area (Å²) < 4.78 is 34.2. The first-order valence-corrected chi connectivity index (χ1v) is 27.4. The number of hydrogen-bond donors (Lipinski definition) is 7. The number of aliphatic hydroxyl groups excluding tert-OH is 7. The maximum atomic E-state index is 13.0. The molecule has 422 valence electrons. The molecule has 7 N–H and O–H groups in total. The Morgan fingerprint density at radius 1 is 0.440 bits per heavy atom. The number of rotatable bonds is 41. The average molecular weight is 1050 g/mol. The Bertz CT molecular complexity index is 1790. The van der Waals surface area contributed by atoms with Crippen LogP contribution in [0.1, 0.15) is 129 Å². The van der Waals surface area contributed by atoms with Crippen molar-refractivity contribution in [1.29, 1.82) is 0 Å². The average Bonchev–Trinajstić information content (AvgIpc) is 3.41. The molecule has 0 aliphatic carbocycles. The molecule has 0 aromatic heterocycles. The number of esters is 1. The lowest BCUT2D eigenvalue weighted by Crippen LogP contribution is -2.61. The Labute approximate surface area is 449 Å². The van der Waals surface area contributed by atoms with Crippen LogP contribution in [0.15, 0.2) is 146 Å². The molecule has 0 aromatic carbocycles. The topological polar surface area (TPSA) is 214 Å². The van der Waals surface area contributed by atoms with Crippen LogP contribution >= 0.6 is 0 Å². The van der Waals surface area contributed by atoms with Crippen molar-refractivity contribution in [3.05, 3.63) is 146 Å². The van der Waals surface area contributed by atoms with Crippen molar-refractivity contribution in [1.82, 2.24) is 0 Å². The second kappa shape index (κ2) is 46.0. The normalized spacial score (nSPS) is 25.8. The minimum atomic E-state index is -1.74. The fourth-order valence-electron chi connectivity index (χ4n) is 7.48. The van der Waals surface area contributed by atoms with Crippen LogP contribution in [0.5, 0.6) is 0 Å². The zero-order chi connectivity index (χ0) is 54.4. The lowest BCUT2D eigenvalue weighted by molar-refractivity contribution is -0.332. The first kappa shape index (κ1) is 67.0. The Balaban J connectivity index is 1.81. The van der Waals surface area contributed by atoms with Gasteiger partial charge in [-0.1, -0.05) is 160 Å². The van der Waals surface area contributed by atoms with Crippen LogP contribution in [0.4, 0.5) is 0 Å². The summed E-state index contributed by atoms with van der Waals surface area (Å²) in [6.07, 6.45) is 50.6. The van der Waals surface area contributed by atoms with Crippen LogP contribution in [-0.2, 0) is 33.2 Å². The van der Waals surface area contributed by atoms with Crippen molar-refractivity contribution >= 4 is 5.97 Å². The van der Waals surface area contributed by atoms with Crippen molar-refractivity contribution in [2.24, 2.45) is 0 Å². The second-order valence-corrected chi connectivity index (χ2v) is 18.3. The highest BCUT2D eigenvalue weighted by Crippen LogP contribution is 2.26. The third-order valence-corrected chi connectivity index (χ3v) is 11.8. The number of aliphatic hydroxyl groups is 7. The van der Waals surface area contributed by atoms with Crippen LogP contribution in [0.3, 0.4) is 0 Å². The lowest BCUT2D eigenvalue weighted by atomic mass is 9.98. The Morgan fingerprint density at radius 2 is 0.813 bits per heavy atom. The highest BCUT2D eigenvalue weighted by Gasteiger charge is 2.47. The third kappa shape index (κ3) is 32.9. The van der Waals surface area contributed by atoms with Crippen LogP contribution in [0.25, 0.3) is 0 Å². The predicted molar refractivity (Wildman–Crippen MR) is 297 cm³/mol. The van der Waals surface area contributed by atoms with E-state index in [0.717, 1.165) is 103 Å². The molecule has 0 amide bonds. The number of hydrogen-bond acceptors (Lipinski definition) is 14. The summed E-state index contributed by atoms with van der Waals surface area (Å²) in [5.41, 5.74) is 0. The summed E-state index contributed by atoms with van der Waals surface area (Å²) >= 11 is 0. The molecule has 2 rings (SSSR count). The van der Waals surface area contributed by atoms with Gasteiger partial charge in [-0.25, -0.2) is 0 Å². The van der Waals surface area contributed by atoms with Crippen LogP contribution < -0.4 is 0 Å². The molecule has 11 atom stereocenters. The zero-order valence-corrected chi connectivity index (χ0v) is 45.0. The first-order chi connectivity index (χ1) is 36.6. The van der Waals surface area contributed by atoms with Gasteiger partial charge in [-0.15, -0.1) is 0 Å². The van der Waals surface area contributed by atoms with E-state index >= 15 is 0 Å². The van der Waals surface area contributed by atoms with Gasteiger partial charge in [0, 0.05) is 13.0 Å². The van der Waals surface area contributed by atoms with Gasteiger partial charge in [-0.3, -0.25) is 4.79 Å². The minimum absolute atomic E-state index is 0.00826. The molecule has 2 aliphatic heterocycles. The fraction of sp³-hybridized carbons (Fsp3) is 0.590. The second-order valence-electron chi connectivity index (χ2n) is 18.3. The van der Waals surface area contributed by atoms with E-state index in [9.17, 15) is 40.5 Å². The number of carbonyl (C=O) groups excluding carboxylic acids is 1. The molecule has 0 saturated carbocycles. The van der Waals surface area contributed by atoms with Crippen molar-refractivity contribution in [2.45, 2.75) is 197 Å². The molecule has 0 aromatic rings. The smallest absolute Gasteiger partial charge is 0.306 e. The molecule has 14 heteroatoms. The van der Waals surface area contributed by atoms with Gasteiger partial charge < -0.3 is 64.2 Å². The van der Waals surface area contributed by atoms with Gasteiger partial charge in [0.25, 0.3) is 0 Å². The van der Waals surface area contributed by atoms with E-state index in [-0.39, 0.29) is 19.6 Å². The molecule has 0 bridgehead atoms. The van der Waals surface area contributed by atoms with E-state index < -0.39 is 86.7 Å². The molecule has 0 radical (unpaired) electrons. The Morgan fingerprint density at radius 3 is 1.24 bits per heavy atom. The Hall–Kier alpha value is -4.13. The maximum absolute atomic E-state index is 13.0. The van der Waals surface area contributed by atoms with E-state index in [1.165, 1.54) is 0 Å². The number of allylic oxidation sites excluding steroid dienone is 24. The van der Waals surface area contributed by atoms with Crippen LogP contribution in [0, 0.1) is 0 Å². The number of ether oxygens (including phenoxy) is 6. The number of unbranched alkanes of at least 4 members (excludes halogenated alkanes) is 3. The summed E-state index contributed by atoms with van der Waals surface area (Å²) in [5, 5.41) is 72.3. The van der Waals surface area contributed by atoms with Gasteiger partial charge in [-0.2, -0.15) is 0 Å². The third-order valence-electron chi connectivity index (χ3n) is 11.8. The SMILES string of the molecule is CC/C=C\C/C=C\C/C=C\C/C=C\C/C=C\C/C=C\CCCCC(=O)OC(COCCC/C=C\C/C=C\C/C=C\C/C=C\C/C=C\C/C=C\CC)COC1OC(COC2OC(CO)C(O)C(O)C2O)C(O)C(O)C1O. The summed E-state index contributed by atoms with van der Waals surface area (Å²) in [6, 6.07) is 0. The first-order valence-electron chi connectivity index (χ1n) is 27.4. The molecule has 2 fully saturated rings. The van der Waals surface area contributed by atoms with E-state index in [1.807, 2.05) is 0 Å². The molecule has 2 heterocycles. The molecule has 75 heavy (non-hydrogen) atoms. The van der Waals surface area contributed by atoms with E-state index in [1.54, 1.807) is 0 Å². The zero-order valence-electron chi connectivity index (χ0n) is 45.0. The monoisotopic (exact) mass is 1050 g/mol. The molecule has 2 aliphatic rings. The van der Waals surface area contributed by atoms with Gasteiger partial charge in [-0.05, 0) is 109 Å². The molecular formula is C61H94O14. The van der Waals surface area contributed by atoms with Crippen LogP contribution in [-0.4, -0.2) is 142 Å². The maximum Gasteiger partial charge on any atom is 0.306 e. The van der Waals surface area contributed by atoms with Gasteiger partial charge in [0.05, 0.1) is 26.4 Å². The van der Waals surface area contributed by atoms with E-state index in [0.29, 0.717) is 13.0 Å². The quantitative estimate of drug-likeness (QED) is 0.0173. The largest absolute Gasteiger partial charge is 0.457 e. The van der Waals surface area contributed by atoms with Gasteiger partial charge in [0.15, 0.2) is 12.6 Å². The molecule has 14 nitrogen and oxygen atoms in total. The highest BCUT2D eigenvalue weighted by atomic mass is 16.7. The number of carbonyl (C=O) groups is 1. The summed E-state index contributed by atoms with van der Waals surface area (Å²) in [7, 11) is 0. The van der Waals surface area contributed by atoms with E-state index in [2.05, 4.69) is 160 Å². The van der Waals surface area contributed by atoms with Gasteiger partial charge in [0.1, 0.15) is 54.9 Å². The van der Waals surface area contributed by atoms with Crippen LogP contribution in [0.2, 0.25) is 0 Å². The summed E-state index contributed by atoms with van der Waals surface area (Å²) in [5.74, 6) is -0.445. The van der Waals surface area contributed by atoms with Crippen molar-refractivity contribution in [2.75, 3.05) is 33.0 Å². The minimum Gasteiger partial charge on any atom is -0.457 e. The standard InChI is InChI=1S/C61H94O14/c1-3-5-7-9-11-13-15-17-19-21-23-25-26-28-30-32-34-36-38-40-42-44-53(63)73-50(47-70-45-43-41-39-37-35-33-31-29-27-24-22-20-18-16-14-12-10-8-6-4-2)48-71-60-59(69)57(67)55(65)52(75-60)49-72-61-58(68)56(66)54(64)51(46-62)74-61/h5-8,11-14,17-20,23-25,27-28,30-31,33-34,36-37,39,50-52,54-62,64-69H,3-4,9-10,15-16,21-22,26,29,32,35,38,40-49H2,1-2H3/b7-5-,8-6-,13-11-,14-12-,19-17-,20-18-,25-23-,27-24-,30-28-,33-31-,36-34-,39-37-. The molecule has 11 unspecified atom stereocenters. The fourth-order valence-corrected chi connectivity index (χ4v) is 7.48. The van der Waals surface area contributed by atoms with Crippen molar-refractivity contribution in [3.63, 3.8) is 0 Å². The molecule has 0 spiro atoms. The van der Waals surface area contributed by atoms with E-state index in [4.69, 9.17) is 28.4 Å². The van der Waals surface area contributed by atoms with Gasteiger partial charge in [0.2, 0.25) is 0 Å². The summed E-state index contributed by atoms with van der Waals surface area (Å²) in [6.45, 7) is 3.20. The lowest BCUT2D eigenvalue weighted by Gasteiger charge is -2.42. The summed E-state index contributed by atoms with van der Waals surface area (Å²) in [4.78, 5) is 13.0. The Kier molecular flexibility index (Phi) is 41.1. The molecular weight excluding hydrogens is 957 g/mol. The van der Waals surface area contributed by atoms with Gasteiger partial charge >= 0.3 is 5.97 Å². The highest BCUT2D eigenvalue weighted by molar-refractivity contribution is 5.69. The van der Waals surface area contributed by atoms with Crippen molar-refractivity contribution < 1.29 is 69.0 Å². The van der Waals surface area contributed by atoms with Crippen molar-refractivity contribution in [3.8, 4) is 0 Å².